The maximum atomic E-state index is 11.6. The van der Waals surface area contributed by atoms with Crippen LogP contribution in [-0.2, 0) is 4.79 Å². The second kappa shape index (κ2) is 6.19. The zero-order chi connectivity index (χ0) is 13.8. The van der Waals surface area contributed by atoms with Gasteiger partial charge in [0.05, 0.1) is 5.92 Å². The number of hydrogen-bond donors (Lipinski definition) is 2. The minimum atomic E-state index is -0.240. The Balaban J connectivity index is 2.15. The van der Waals surface area contributed by atoms with E-state index in [0.717, 1.165) is 32.1 Å². The molecule has 1 saturated carbocycles. The van der Waals surface area contributed by atoms with Crippen molar-refractivity contribution < 1.29 is 4.79 Å². The fourth-order valence-corrected chi connectivity index (χ4v) is 2.84. The van der Waals surface area contributed by atoms with Crippen LogP contribution in [0.4, 0.5) is 5.82 Å². The number of primary amides is 1. The molecule has 1 aromatic heterocycles. The molecule has 1 fully saturated rings. The Labute approximate surface area is 118 Å². The zero-order valence-electron chi connectivity index (χ0n) is 11.0. The quantitative estimate of drug-likeness (QED) is 0.658. The zero-order valence-corrected chi connectivity index (χ0v) is 11.8. The van der Waals surface area contributed by atoms with Crippen molar-refractivity contribution in [3.8, 4) is 0 Å². The van der Waals surface area contributed by atoms with Gasteiger partial charge in [0.15, 0.2) is 0 Å². The Morgan fingerprint density at radius 2 is 2.11 bits per heavy atom. The third-order valence-electron chi connectivity index (χ3n) is 3.52. The first-order valence-electron chi connectivity index (χ1n) is 6.63. The maximum absolute atomic E-state index is 11.6. The number of carbonyl (C=O) groups is 1. The smallest absolute Gasteiger partial charge is 0.222 e. The van der Waals surface area contributed by atoms with Crippen molar-refractivity contribution >= 4 is 23.3 Å². The number of aryl methyl sites for hydroxylation is 1. The first-order valence-corrected chi connectivity index (χ1v) is 7.01. The minimum absolute atomic E-state index is 0.0327. The van der Waals surface area contributed by atoms with Gasteiger partial charge in [0, 0.05) is 12.1 Å². The normalized spacial score (nSPS) is 23.7. The van der Waals surface area contributed by atoms with E-state index in [4.69, 9.17) is 17.3 Å². The molecule has 0 bridgehead atoms. The van der Waals surface area contributed by atoms with Gasteiger partial charge in [0.2, 0.25) is 5.91 Å². The van der Waals surface area contributed by atoms with E-state index in [1.807, 2.05) is 0 Å². The highest BCUT2D eigenvalue weighted by atomic mass is 35.5. The molecule has 19 heavy (non-hydrogen) atoms. The summed E-state index contributed by atoms with van der Waals surface area (Å²) >= 11 is 5.92. The number of nitrogens with one attached hydrogen (secondary N) is 1. The largest absolute Gasteiger partial charge is 0.369 e. The van der Waals surface area contributed by atoms with E-state index in [1.54, 1.807) is 13.0 Å². The molecule has 1 aliphatic carbocycles. The lowest BCUT2D eigenvalue weighted by Crippen LogP contribution is -2.37. The summed E-state index contributed by atoms with van der Waals surface area (Å²) in [6.07, 6.45) is 5.05. The van der Waals surface area contributed by atoms with Crippen LogP contribution in [0, 0.1) is 12.8 Å². The summed E-state index contributed by atoms with van der Waals surface area (Å²) in [5, 5.41) is 3.70. The van der Waals surface area contributed by atoms with Crippen LogP contribution < -0.4 is 11.1 Å². The molecule has 0 unspecified atom stereocenters. The van der Waals surface area contributed by atoms with E-state index < -0.39 is 0 Å². The first kappa shape index (κ1) is 14.1. The van der Waals surface area contributed by atoms with E-state index in [1.165, 1.54) is 0 Å². The number of carbonyl (C=O) groups excluding carboxylic acids is 1. The molecule has 1 heterocycles. The first-order chi connectivity index (χ1) is 9.06. The summed E-state index contributed by atoms with van der Waals surface area (Å²) in [6.45, 7) is 1.79. The van der Waals surface area contributed by atoms with Crippen LogP contribution in [0.5, 0.6) is 0 Å². The van der Waals surface area contributed by atoms with Crippen LogP contribution >= 0.6 is 11.6 Å². The van der Waals surface area contributed by atoms with Gasteiger partial charge in [-0.05, 0) is 19.8 Å². The lowest BCUT2D eigenvalue weighted by atomic mass is 9.94. The number of nitrogens with two attached hydrogens (primary N) is 1. The lowest BCUT2D eigenvalue weighted by Gasteiger charge is -2.24. The molecule has 3 N–H and O–H groups in total. The molecule has 0 aliphatic heterocycles. The average Bonchev–Trinajstić information content (AvgIpc) is 2.53. The molecule has 1 aromatic rings. The number of aromatic nitrogens is 2. The highest BCUT2D eigenvalue weighted by Crippen LogP contribution is 2.26. The van der Waals surface area contributed by atoms with Gasteiger partial charge in [0.1, 0.15) is 16.8 Å². The summed E-state index contributed by atoms with van der Waals surface area (Å²) in [6, 6.07) is 1.71. The SMILES string of the molecule is Cc1nc(Cl)cc(N[C@H]2CCCCC[C@@H]2C(N)=O)n1. The third kappa shape index (κ3) is 3.80. The van der Waals surface area contributed by atoms with E-state index >= 15 is 0 Å². The Morgan fingerprint density at radius 3 is 2.79 bits per heavy atom. The van der Waals surface area contributed by atoms with Crippen LogP contribution in [0.25, 0.3) is 0 Å². The van der Waals surface area contributed by atoms with Gasteiger partial charge in [0.25, 0.3) is 0 Å². The predicted octanol–water partition coefficient (Wildman–Crippen LogP) is 2.28. The second-order valence-corrected chi connectivity index (χ2v) is 5.41. The molecule has 2 atom stereocenters. The number of hydrogen-bond acceptors (Lipinski definition) is 4. The standard InChI is InChI=1S/C13H19ClN4O/c1-8-16-11(14)7-12(17-8)18-10-6-4-2-3-5-9(10)13(15)19/h7,9-10H,2-6H2,1H3,(H2,15,19)(H,16,17,18)/t9-,10-/m0/s1. The average molecular weight is 283 g/mol. The van der Waals surface area contributed by atoms with Gasteiger partial charge in [-0.2, -0.15) is 0 Å². The van der Waals surface area contributed by atoms with Gasteiger partial charge in [-0.1, -0.05) is 30.9 Å². The molecule has 0 aromatic carbocycles. The Morgan fingerprint density at radius 1 is 1.37 bits per heavy atom. The second-order valence-electron chi connectivity index (χ2n) is 5.02. The van der Waals surface area contributed by atoms with E-state index in [2.05, 4.69) is 15.3 Å². The number of nitrogens with zero attached hydrogens (tertiary/aromatic N) is 2. The van der Waals surface area contributed by atoms with Gasteiger partial charge >= 0.3 is 0 Å². The van der Waals surface area contributed by atoms with Crippen molar-refractivity contribution in [2.24, 2.45) is 11.7 Å². The molecule has 1 aliphatic rings. The summed E-state index contributed by atoms with van der Waals surface area (Å²) in [4.78, 5) is 19.9. The van der Waals surface area contributed by atoms with Crippen LogP contribution in [0.1, 0.15) is 37.9 Å². The molecular formula is C13H19ClN4O. The van der Waals surface area contributed by atoms with Crippen LogP contribution in [-0.4, -0.2) is 21.9 Å². The van der Waals surface area contributed by atoms with Crippen molar-refractivity contribution in [1.29, 1.82) is 0 Å². The highest BCUT2D eigenvalue weighted by Gasteiger charge is 2.28. The summed E-state index contributed by atoms with van der Waals surface area (Å²) in [5.41, 5.74) is 5.50. The summed E-state index contributed by atoms with van der Waals surface area (Å²) in [7, 11) is 0. The van der Waals surface area contributed by atoms with Gasteiger partial charge in [-0.15, -0.1) is 0 Å². The molecule has 6 heteroatoms. The molecule has 1 amide bonds. The molecule has 0 saturated heterocycles. The highest BCUT2D eigenvalue weighted by molar-refractivity contribution is 6.29. The fraction of sp³-hybridized carbons (Fsp3) is 0.615. The van der Waals surface area contributed by atoms with E-state index in [-0.39, 0.29) is 17.9 Å². The molecule has 2 rings (SSSR count). The molecule has 0 spiro atoms. The van der Waals surface area contributed by atoms with Crippen LogP contribution in [0.3, 0.4) is 0 Å². The lowest BCUT2D eigenvalue weighted by molar-refractivity contribution is -0.122. The summed E-state index contributed by atoms with van der Waals surface area (Å²) < 4.78 is 0. The molecule has 104 valence electrons. The Kier molecular flexibility index (Phi) is 4.58. The minimum Gasteiger partial charge on any atom is -0.369 e. The van der Waals surface area contributed by atoms with E-state index in [0.29, 0.717) is 16.8 Å². The predicted molar refractivity (Wildman–Crippen MR) is 75.0 cm³/mol. The van der Waals surface area contributed by atoms with Crippen molar-refractivity contribution in [2.45, 2.75) is 45.1 Å². The van der Waals surface area contributed by atoms with Gasteiger partial charge in [-0.25, -0.2) is 9.97 Å². The number of halogens is 1. The maximum Gasteiger partial charge on any atom is 0.222 e. The van der Waals surface area contributed by atoms with Gasteiger partial charge in [-0.3, -0.25) is 4.79 Å². The number of anilines is 1. The third-order valence-corrected chi connectivity index (χ3v) is 3.72. The van der Waals surface area contributed by atoms with Crippen LogP contribution in [0.15, 0.2) is 6.07 Å². The number of rotatable bonds is 3. The van der Waals surface area contributed by atoms with Crippen molar-refractivity contribution in [3.63, 3.8) is 0 Å². The number of amides is 1. The topological polar surface area (TPSA) is 80.9 Å². The van der Waals surface area contributed by atoms with Crippen molar-refractivity contribution in [1.82, 2.24) is 9.97 Å². The Hall–Kier alpha value is -1.36. The van der Waals surface area contributed by atoms with Crippen molar-refractivity contribution in [3.05, 3.63) is 17.0 Å². The van der Waals surface area contributed by atoms with Crippen LogP contribution in [0.2, 0.25) is 5.15 Å². The fourth-order valence-electron chi connectivity index (χ4n) is 2.62. The van der Waals surface area contributed by atoms with Crippen molar-refractivity contribution in [2.75, 3.05) is 5.32 Å². The molecule has 0 radical (unpaired) electrons. The monoisotopic (exact) mass is 282 g/mol. The molecular weight excluding hydrogens is 264 g/mol. The Bertz CT molecular complexity index is 446. The molecule has 5 nitrogen and oxygen atoms in total. The van der Waals surface area contributed by atoms with Gasteiger partial charge < -0.3 is 11.1 Å². The summed E-state index contributed by atoms with van der Waals surface area (Å²) in [5.74, 6) is 0.891. The van der Waals surface area contributed by atoms with E-state index in [9.17, 15) is 4.79 Å².